The quantitative estimate of drug-likeness (QED) is 0.714. The molecule has 3 N–H and O–H groups in total. The predicted octanol–water partition coefficient (Wildman–Crippen LogP) is 3.07. The number of nitrogen functional groups attached to an aromatic ring is 1. The highest BCUT2D eigenvalue weighted by Crippen LogP contribution is 2.19. The molecule has 0 saturated carbocycles. The molecule has 4 rings (SSSR count). The average molecular weight is 388 g/mol. The monoisotopic (exact) mass is 388 g/mol. The van der Waals surface area contributed by atoms with Gasteiger partial charge in [-0.05, 0) is 31.2 Å². The van der Waals surface area contributed by atoms with E-state index in [4.69, 9.17) is 5.73 Å². The molecule has 1 aliphatic rings. The fourth-order valence-corrected chi connectivity index (χ4v) is 3.37. The summed E-state index contributed by atoms with van der Waals surface area (Å²) in [5, 5.41) is 3.12. The smallest absolute Gasteiger partial charge is 0.272 e. The second-order valence-electron chi connectivity index (χ2n) is 7.11. The Kier molecular flexibility index (Phi) is 5.29. The number of piperazine rings is 1. The minimum absolute atomic E-state index is 0.126. The topological polar surface area (TPSA) is 87.4 Å². The summed E-state index contributed by atoms with van der Waals surface area (Å²) >= 11 is 0. The van der Waals surface area contributed by atoms with E-state index in [0.29, 0.717) is 24.7 Å². The number of hydrogen-bond acceptors (Lipinski definition) is 6. The van der Waals surface area contributed by atoms with E-state index < -0.39 is 0 Å². The number of para-hydroxylation sites is 1. The lowest BCUT2D eigenvalue weighted by Crippen LogP contribution is -2.49. The number of nitrogens with two attached hydrogens (primary N) is 1. The van der Waals surface area contributed by atoms with Crippen molar-refractivity contribution in [2.45, 2.75) is 6.92 Å². The Morgan fingerprint density at radius 3 is 2.34 bits per heavy atom. The van der Waals surface area contributed by atoms with Gasteiger partial charge >= 0.3 is 0 Å². The SMILES string of the molecule is Cc1ccc(Nc2nc(N)cc(C(=O)N3CCN(c4ccccc4)CC3)n2)cc1. The van der Waals surface area contributed by atoms with Crippen molar-refractivity contribution in [3.8, 4) is 0 Å². The summed E-state index contributed by atoms with van der Waals surface area (Å²) < 4.78 is 0. The summed E-state index contributed by atoms with van der Waals surface area (Å²) in [5.41, 5.74) is 9.42. The standard InChI is InChI=1S/C22H24N6O/c1-16-7-9-17(10-8-16)24-22-25-19(15-20(23)26-22)21(29)28-13-11-27(12-14-28)18-5-3-2-4-6-18/h2-10,15H,11-14H2,1H3,(H3,23,24,25,26). The number of aryl methyl sites for hydroxylation is 1. The van der Waals surface area contributed by atoms with Crippen LogP contribution >= 0.6 is 0 Å². The number of aromatic nitrogens is 2. The van der Waals surface area contributed by atoms with Gasteiger partial charge in [-0.3, -0.25) is 4.79 Å². The summed E-state index contributed by atoms with van der Waals surface area (Å²) in [6, 6.07) is 19.6. The molecule has 1 saturated heterocycles. The lowest BCUT2D eigenvalue weighted by Gasteiger charge is -2.36. The number of carbonyl (C=O) groups excluding carboxylic acids is 1. The Labute approximate surface area is 170 Å². The molecule has 2 heterocycles. The van der Waals surface area contributed by atoms with E-state index in [1.807, 2.05) is 54.3 Å². The van der Waals surface area contributed by atoms with Crippen LogP contribution < -0.4 is 16.0 Å². The Bertz CT molecular complexity index is 982. The summed E-state index contributed by atoms with van der Waals surface area (Å²) in [4.78, 5) is 25.7. The van der Waals surface area contributed by atoms with Gasteiger partial charge in [0, 0.05) is 43.6 Å². The van der Waals surface area contributed by atoms with E-state index >= 15 is 0 Å². The molecular formula is C22H24N6O. The molecule has 0 bridgehead atoms. The molecule has 1 aliphatic heterocycles. The molecule has 0 atom stereocenters. The lowest BCUT2D eigenvalue weighted by atomic mass is 10.2. The summed E-state index contributed by atoms with van der Waals surface area (Å²) in [5.74, 6) is 0.458. The van der Waals surface area contributed by atoms with Gasteiger partial charge in [-0.15, -0.1) is 0 Å². The van der Waals surface area contributed by atoms with Gasteiger partial charge in [0.1, 0.15) is 11.5 Å². The van der Waals surface area contributed by atoms with Crippen molar-refractivity contribution in [3.05, 3.63) is 71.9 Å². The van der Waals surface area contributed by atoms with Gasteiger partial charge in [-0.2, -0.15) is 4.98 Å². The maximum absolute atomic E-state index is 13.0. The lowest BCUT2D eigenvalue weighted by molar-refractivity contribution is 0.0741. The number of nitrogens with one attached hydrogen (secondary N) is 1. The fraction of sp³-hybridized carbons (Fsp3) is 0.227. The number of anilines is 4. The molecular weight excluding hydrogens is 364 g/mol. The van der Waals surface area contributed by atoms with Crippen molar-refractivity contribution in [3.63, 3.8) is 0 Å². The zero-order valence-electron chi connectivity index (χ0n) is 16.4. The molecule has 148 valence electrons. The number of rotatable bonds is 4. The normalized spacial score (nSPS) is 14.0. The van der Waals surface area contributed by atoms with Gasteiger partial charge in [0.2, 0.25) is 5.95 Å². The highest BCUT2D eigenvalue weighted by molar-refractivity contribution is 5.93. The van der Waals surface area contributed by atoms with Crippen molar-refractivity contribution in [2.24, 2.45) is 0 Å². The molecule has 2 aromatic carbocycles. The first-order valence-corrected chi connectivity index (χ1v) is 9.66. The van der Waals surface area contributed by atoms with Gasteiger partial charge in [0.25, 0.3) is 5.91 Å². The third kappa shape index (κ3) is 4.45. The zero-order chi connectivity index (χ0) is 20.2. The van der Waals surface area contributed by atoms with Gasteiger partial charge in [0.15, 0.2) is 0 Å². The summed E-state index contributed by atoms with van der Waals surface area (Å²) in [7, 11) is 0. The first-order chi connectivity index (χ1) is 14.1. The molecule has 0 aliphatic carbocycles. The first kappa shape index (κ1) is 18.7. The maximum Gasteiger partial charge on any atom is 0.272 e. The zero-order valence-corrected chi connectivity index (χ0v) is 16.4. The van der Waals surface area contributed by atoms with E-state index in [1.165, 1.54) is 11.8 Å². The van der Waals surface area contributed by atoms with E-state index in [-0.39, 0.29) is 11.7 Å². The van der Waals surface area contributed by atoms with Crippen LogP contribution in [0.1, 0.15) is 16.1 Å². The van der Waals surface area contributed by atoms with Crippen molar-refractivity contribution in [1.82, 2.24) is 14.9 Å². The second kappa shape index (κ2) is 8.18. The van der Waals surface area contributed by atoms with Crippen molar-refractivity contribution in [2.75, 3.05) is 42.1 Å². The minimum Gasteiger partial charge on any atom is -0.384 e. The van der Waals surface area contributed by atoms with Crippen molar-refractivity contribution in [1.29, 1.82) is 0 Å². The van der Waals surface area contributed by atoms with Crippen LogP contribution in [0.15, 0.2) is 60.7 Å². The number of carbonyl (C=O) groups is 1. The third-order valence-electron chi connectivity index (χ3n) is 4.96. The highest BCUT2D eigenvalue weighted by atomic mass is 16.2. The Balaban J connectivity index is 1.45. The molecule has 0 unspecified atom stereocenters. The van der Waals surface area contributed by atoms with Crippen LogP contribution in [0.4, 0.5) is 23.1 Å². The van der Waals surface area contributed by atoms with Gasteiger partial charge in [-0.1, -0.05) is 35.9 Å². The number of hydrogen-bond donors (Lipinski definition) is 2. The van der Waals surface area contributed by atoms with Crippen LogP contribution in [0.2, 0.25) is 0 Å². The van der Waals surface area contributed by atoms with Gasteiger partial charge in [0.05, 0.1) is 0 Å². The van der Waals surface area contributed by atoms with Crippen LogP contribution in [0.5, 0.6) is 0 Å². The van der Waals surface area contributed by atoms with Crippen molar-refractivity contribution >= 4 is 29.0 Å². The van der Waals surface area contributed by atoms with E-state index in [0.717, 1.165) is 24.3 Å². The van der Waals surface area contributed by atoms with E-state index in [2.05, 4.69) is 32.3 Å². The predicted molar refractivity (Wildman–Crippen MR) is 115 cm³/mol. The average Bonchev–Trinajstić information content (AvgIpc) is 2.75. The molecule has 0 spiro atoms. The molecule has 3 aromatic rings. The highest BCUT2D eigenvalue weighted by Gasteiger charge is 2.24. The van der Waals surface area contributed by atoms with Crippen molar-refractivity contribution < 1.29 is 4.79 Å². The van der Waals surface area contributed by atoms with Crippen LogP contribution in [-0.2, 0) is 0 Å². The Hall–Kier alpha value is -3.61. The molecule has 1 aromatic heterocycles. The van der Waals surface area contributed by atoms with Crippen LogP contribution in [0.3, 0.4) is 0 Å². The molecule has 0 radical (unpaired) electrons. The largest absolute Gasteiger partial charge is 0.384 e. The van der Waals surface area contributed by atoms with Gasteiger partial charge in [-0.25, -0.2) is 4.98 Å². The second-order valence-corrected chi connectivity index (χ2v) is 7.11. The molecule has 1 amide bonds. The van der Waals surface area contributed by atoms with Crippen LogP contribution in [0.25, 0.3) is 0 Å². The molecule has 29 heavy (non-hydrogen) atoms. The number of benzene rings is 2. The van der Waals surface area contributed by atoms with E-state index in [9.17, 15) is 4.79 Å². The van der Waals surface area contributed by atoms with Crippen LogP contribution in [0, 0.1) is 6.92 Å². The molecule has 7 heteroatoms. The molecule has 1 fully saturated rings. The Morgan fingerprint density at radius 1 is 0.966 bits per heavy atom. The molecule has 7 nitrogen and oxygen atoms in total. The van der Waals surface area contributed by atoms with Gasteiger partial charge < -0.3 is 20.9 Å². The van der Waals surface area contributed by atoms with E-state index in [1.54, 1.807) is 0 Å². The summed E-state index contributed by atoms with van der Waals surface area (Å²) in [6.45, 7) is 4.86. The number of nitrogens with zero attached hydrogens (tertiary/aromatic N) is 4. The Morgan fingerprint density at radius 2 is 1.66 bits per heavy atom. The van der Waals surface area contributed by atoms with Crippen LogP contribution in [-0.4, -0.2) is 47.0 Å². The fourth-order valence-electron chi connectivity index (χ4n) is 3.37. The third-order valence-corrected chi connectivity index (χ3v) is 4.96. The number of amides is 1. The first-order valence-electron chi connectivity index (χ1n) is 9.66. The summed E-state index contributed by atoms with van der Waals surface area (Å²) in [6.07, 6.45) is 0. The maximum atomic E-state index is 13.0. The minimum atomic E-state index is -0.126.